The summed E-state index contributed by atoms with van der Waals surface area (Å²) in [6.07, 6.45) is 6.54. The second-order valence-electron chi connectivity index (χ2n) is 8.03. The van der Waals surface area contributed by atoms with Gasteiger partial charge in [0.25, 0.3) is 0 Å². The van der Waals surface area contributed by atoms with Crippen LogP contribution >= 0.6 is 11.6 Å². The third kappa shape index (κ3) is 5.37. The van der Waals surface area contributed by atoms with Gasteiger partial charge in [0.1, 0.15) is 12.4 Å². The highest BCUT2D eigenvalue weighted by Gasteiger charge is 2.31. The number of amides is 1. The molecule has 0 radical (unpaired) electrons. The van der Waals surface area contributed by atoms with Gasteiger partial charge in [-0.3, -0.25) is 9.69 Å². The van der Waals surface area contributed by atoms with Gasteiger partial charge in [-0.15, -0.1) is 0 Å². The molecule has 3 fully saturated rings. The maximum absolute atomic E-state index is 11.9. The number of nitrogens with one attached hydrogen (secondary N) is 1. The molecule has 1 atom stereocenters. The molecule has 148 valence electrons. The molecule has 1 unspecified atom stereocenters. The number of halogens is 1. The maximum Gasteiger partial charge on any atom is 0.223 e. The lowest BCUT2D eigenvalue weighted by atomic mass is 10.0. The van der Waals surface area contributed by atoms with Gasteiger partial charge in [0.05, 0.1) is 6.10 Å². The maximum atomic E-state index is 11.9. The van der Waals surface area contributed by atoms with Gasteiger partial charge in [0.15, 0.2) is 0 Å². The second kappa shape index (κ2) is 8.80. The van der Waals surface area contributed by atoms with Crippen molar-refractivity contribution in [2.24, 2.45) is 5.92 Å². The summed E-state index contributed by atoms with van der Waals surface area (Å²) < 4.78 is 11.7. The highest BCUT2D eigenvalue weighted by molar-refractivity contribution is 6.30. The lowest BCUT2D eigenvalue weighted by molar-refractivity contribution is -0.123. The molecule has 2 saturated heterocycles. The number of piperidine rings is 1. The molecule has 1 aromatic carbocycles. The van der Waals surface area contributed by atoms with Gasteiger partial charge in [0, 0.05) is 48.8 Å². The van der Waals surface area contributed by atoms with Crippen molar-refractivity contribution < 1.29 is 14.3 Å². The van der Waals surface area contributed by atoms with Gasteiger partial charge in [-0.05, 0) is 56.7 Å². The molecule has 4 rings (SSSR count). The Morgan fingerprint density at radius 3 is 2.74 bits per heavy atom. The Kier molecular flexibility index (Phi) is 6.21. The largest absolute Gasteiger partial charge is 0.491 e. The van der Waals surface area contributed by atoms with Crippen molar-refractivity contribution in [3.8, 4) is 5.75 Å². The lowest BCUT2D eigenvalue weighted by Crippen LogP contribution is -2.44. The van der Waals surface area contributed by atoms with E-state index in [0.29, 0.717) is 12.6 Å². The number of carbonyl (C=O) groups is 1. The Morgan fingerprint density at radius 1 is 1.22 bits per heavy atom. The van der Waals surface area contributed by atoms with E-state index in [1.165, 1.54) is 0 Å². The molecular formula is C21H29ClN2O3. The van der Waals surface area contributed by atoms with Gasteiger partial charge in [-0.1, -0.05) is 11.6 Å². The number of hydrogen-bond donors (Lipinski definition) is 1. The minimum absolute atomic E-state index is 0.208. The molecule has 3 aliphatic rings. The fraction of sp³-hybridized carbons (Fsp3) is 0.667. The van der Waals surface area contributed by atoms with Crippen LogP contribution in [-0.4, -0.2) is 49.3 Å². The smallest absolute Gasteiger partial charge is 0.223 e. The van der Waals surface area contributed by atoms with Crippen LogP contribution in [0.25, 0.3) is 0 Å². The monoisotopic (exact) mass is 392 g/mol. The molecule has 1 aliphatic carbocycles. The third-order valence-corrected chi connectivity index (χ3v) is 5.98. The number of carbonyl (C=O) groups excluding carboxylic acids is 1. The van der Waals surface area contributed by atoms with Crippen LogP contribution in [0.3, 0.4) is 0 Å². The first-order chi connectivity index (χ1) is 13.2. The van der Waals surface area contributed by atoms with E-state index in [2.05, 4.69) is 10.2 Å². The number of rotatable bonds is 7. The fourth-order valence-corrected chi connectivity index (χ4v) is 4.11. The van der Waals surface area contributed by atoms with E-state index in [1.54, 1.807) is 0 Å². The van der Waals surface area contributed by atoms with Crippen LogP contribution in [-0.2, 0) is 16.1 Å². The SMILES string of the molecule is O=C(NC1CCN(Cc2cc(Cl)ccc2OCC2CCCO2)CC1)C1CC1. The first-order valence-electron chi connectivity index (χ1n) is 10.2. The first kappa shape index (κ1) is 19.0. The number of ether oxygens (including phenoxy) is 2. The molecule has 1 amide bonds. The number of benzene rings is 1. The molecule has 1 aromatic rings. The van der Waals surface area contributed by atoms with Crippen LogP contribution in [0.15, 0.2) is 18.2 Å². The van der Waals surface area contributed by atoms with E-state index in [0.717, 1.165) is 81.1 Å². The molecule has 27 heavy (non-hydrogen) atoms. The third-order valence-electron chi connectivity index (χ3n) is 5.75. The summed E-state index contributed by atoms with van der Waals surface area (Å²) in [5.41, 5.74) is 1.13. The Morgan fingerprint density at radius 2 is 2.04 bits per heavy atom. The highest BCUT2D eigenvalue weighted by Crippen LogP contribution is 2.30. The van der Waals surface area contributed by atoms with E-state index in [-0.39, 0.29) is 17.9 Å². The summed E-state index contributed by atoms with van der Waals surface area (Å²) >= 11 is 6.23. The van der Waals surface area contributed by atoms with Gasteiger partial charge < -0.3 is 14.8 Å². The first-order valence-corrected chi connectivity index (χ1v) is 10.6. The van der Waals surface area contributed by atoms with Crippen molar-refractivity contribution in [3.63, 3.8) is 0 Å². The molecule has 0 aromatic heterocycles. The predicted molar refractivity (Wildman–Crippen MR) is 105 cm³/mol. The van der Waals surface area contributed by atoms with Gasteiger partial charge in [-0.2, -0.15) is 0 Å². The van der Waals surface area contributed by atoms with Crippen LogP contribution < -0.4 is 10.1 Å². The van der Waals surface area contributed by atoms with E-state index in [9.17, 15) is 4.79 Å². The van der Waals surface area contributed by atoms with Crippen LogP contribution in [0.4, 0.5) is 0 Å². The summed E-state index contributed by atoms with van der Waals surface area (Å²) in [6, 6.07) is 6.18. The quantitative estimate of drug-likeness (QED) is 0.772. The lowest BCUT2D eigenvalue weighted by Gasteiger charge is -2.32. The summed E-state index contributed by atoms with van der Waals surface area (Å²) in [4.78, 5) is 14.4. The zero-order chi connectivity index (χ0) is 18.6. The van der Waals surface area contributed by atoms with Crippen molar-refractivity contribution >= 4 is 17.5 Å². The van der Waals surface area contributed by atoms with Crippen LogP contribution in [0.2, 0.25) is 5.02 Å². The van der Waals surface area contributed by atoms with E-state index in [4.69, 9.17) is 21.1 Å². The normalized spacial score (nSPS) is 24.1. The molecule has 1 saturated carbocycles. The fourth-order valence-electron chi connectivity index (χ4n) is 3.91. The van der Waals surface area contributed by atoms with Gasteiger partial charge in [0.2, 0.25) is 5.91 Å². The number of hydrogen-bond acceptors (Lipinski definition) is 4. The summed E-state index contributed by atoms with van der Waals surface area (Å²) in [5, 5.41) is 3.95. The minimum Gasteiger partial charge on any atom is -0.491 e. The van der Waals surface area contributed by atoms with Gasteiger partial charge in [-0.25, -0.2) is 0 Å². The van der Waals surface area contributed by atoms with Crippen LogP contribution in [0.5, 0.6) is 5.75 Å². The molecule has 5 nitrogen and oxygen atoms in total. The van der Waals surface area contributed by atoms with Crippen molar-refractivity contribution in [2.45, 2.75) is 57.2 Å². The van der Waals surface area contributed by atoms with Crippen molar-refractivity contribution in [1.29, 1.82) is 0 Å². The molecule has 2 aliphatic heterocycles. The zero-order valence-corrected chi connectivity index (χ0v) is 16.5. The van der Waals surface area contributed by atoms with E-state index >= 15 is 0 Å². The second-order valence-corrected chi connectivity index (χ2v) is 8.47. The van der Waals surface area contributed by atoms with Crippen molar-refractivity contribution in [1.82, 2.24) is 10.2 Å². The average Bonchev–Trinajstić information content (AvgIpc) is 3.39. The predicted octanol–water partition coefficient (Wildman–Crippen LogP) is 3.39. The summed E-state index contributed by atoms with van der Waals surface area (Å²) in [5.74, 6) is 1.45. The Balaban J connectivity index is 1.29. The number of likely N-dealkylation sites (tertiary alicyclic amines) is 1. The summed E-state index contributed by atoms with van der Waals surface area (Å²) in [6.45, 7) is 4.23. The molecule has 6 heteroatoms. The van der Waals surface area contributed by atoms with Crippen LogP contribution in [0.1, 0.15) is 44.1 Å². The van der Waals surface area contributed by atoms with Crippen molar-refractivity contribution in [2.75, 3.05) is 26.3 Å². The Hall–Kier alpha value is -1.30. The molecular weight excluding hydrogens is 364 g/mol. The average molecular weight is 393 g/mol. The standard InChI is InChI=1S/C21H29ClN2O3/c22-17-5-6-20(27-14-19-2-1-11-26-19)16(12-17)13-24-9-7-18(8-10-24)23-21(25)15-3-4-15/h5-6,12,15,18-19H,1-4,7-11,13-14H2,(H,23,25). The Bertz CT molecular complexity index is 651. The van der Waals surface area contributed by atoms with Gasteiger partial charge >= 0.3 is 0 Å². The van der Waals surface area contributed by atoms with E-state index < -0.39 is 0 Å². The number of nitrogens with zero attached hydrogens (tertiary/aromatic N) is 1. The highest BCUT2D eigenvalue weighted by atomic mass is 35.5. The molecule has 2 heterocycles. The molecule has 0 bridgehead atoms. The topological polar surface area (TPSA) is 50.8 Å². The zero-order valence-electron chi connectivity index (χ0n) is 15.8. The van der Waals surface area contributed by atoms with E-state index in [1.807, 2.05) is 18.2 Å². The molecule has 1 N–H and O–H groups in total. The van der Waals surface area contributed by atoms with Crippen LogP contribution in [0, 0.1) is 5.92 Å². The van der Waals surface area contributed by atoms with Crippen molar-refractivity contribution in [3.05, 3.63) is 28.8 Å². The molecule has 0 spiro atoms. The Labute approximate surface area is 166 Å². The summed E-state index contributed by atoms with van der Waals surface area (Å²) in [7, 11) is 0. The minimum atomic E-state index is 0.208.